The lowest BCUT2D eigenvalue weighted by atomic mass is 9.68. The summed E-state index contributed by atoms with van der Waals surface area (Å²) in [5.41, 5.74) is 5.28. The number of hydrogen-bond donors (Lipinski definition) is 0. The van der Waals surface area contributed by atoms with Crippen LogP contribution < -0.4 is 0 Å². The molecule has 2 aliphatic carbocycles. The Hall–Kier alpha value is -5.08. The van der Waals surface area contributed by atoms with Crippen molar-refractivity contribution in [3.05, 3.63) is 130 Å². The summed E-state index contributed by atoms with van der Waals surface area (Å²) in [7, 11) is 0. The number of Topliss-reactive ketones (excluding diaryl/α,β-unsaturated/α-hetero) is 2. The van der Waals surface area contributed by atoms with Gasteiger partial charge in [-0.1, -0.05) is 139 Å². The molecule has 6 aromatic carbocycles. The predicted octanol–water partition coefficient (Wildman–Crippen LogP) is 11.2. The standard InChI is InChI=1S/C44H36O2/c1-43(2,3)33-23-29-21-19-27-17-15-25-11-7-9-13-31(25)35(27)37(29)39(41(33)45)40-38-30(24-34(42(40)46)44(4,5)6)22-20-28-18-16-26-12-8-10-14-32(26)36(28)38/h7-24H,1-6H3/b40-39+. The molecular formula is C44H36O2. The highest BCUT2D eigenvalue weighted by atomic mass is 16.1. The highest BCUT2D eigenvalue weighted by Crippen LogP contribution is 2.51. The molecule has 2 nitrogen and oxygen atoms in total. The summed E-state index contributed by atoms with van der Waals surface area (Å²) >= 11 is 0. The van der Waals surface area contributed by atoms with Gasteiger partial charge in [-0.2, -0.15) is 0 Å². The normalized spacial score (nSPS) is 17.0. The third-order valence-corrected chi connectivity index (χ3v) is 9.79. The first-order valence-corrected chi connectivity index (χ1v) is 16.1. The van der Waals surface area contributed by atoms with Gasteiger partial charge in [-0.25, -0.2) is 0 Å². The SMILES string of the molecule is CC(C)(C)C1=Cc2ccc3ccc4ccccc4c3c2/C(=C2\C(=O)C(C(C)(C)C)=Cc3ccc4ccc5ccccc5c4c32)C1=O. The van der Waals surface area contributed by atoms with Gasteiger partial charge < -0.3 is 0 Å². The fourth-order valence-electron chi connectivity index (χ4n) is 7.54. The second-order valence-corrected chi connectivity index (χ2v) is 14.9. The first-order chi connectivity index (χ1) is 21.9. The number of carbonyl (C=O) groups is 2. The zero-order valence-corrected chi connectivity index (χ0v) is 27.2. The Labute approximate surface area is 269 Å². The lowest BCUT2D eigenvalue weighted by Gasteiger charge is -2.33. The van der Waals surface area contributed by atoms with Crippen LogP contribution in [-0.2, 0) is 9.59 Å². The number of carbonyl (C=O) groups excluding carboxylic acids is 2. The molecule has 0 atom stereocenters. The average molecular weight is 597 g/mol. The summed E-state index contributed by atoms with van der Waals surface area (Å²) in [5.74, 6) is -0.135. The number of allylic oxidation sites excluding steroid dienone is 4. The third kappa shape index (κ3) is 4.09. The highest BCUT2D eigenvalue weighted by molar-refractivity contribution is 6.52. The van der Waals surface area contributed by atoms with E-state index >= 15 is 9.59 Å². The molecule has 0 fully saturated rings. The van der Waals surface area contributed by atoms with Gasteiger partial charge in [0.2, 0.25) is 0 Å². The van der Waals surface area contributed by atoms with Crippen molar-refractivity contribution in [3.63, 3.8) is 0 Å². The van der Waals surface area contributed by atoms with Crippen molar-refractivity contribution in [2.24, 2.45) is 10.8 Å². The van der Waals surface area contributed by atoms with Gasteiger partial charge in [0.15, 0.2) is 11.6 Å². The zero-order valence-electron chi connectivity index (χ0n) is 27.2. The number of fused-ring (bicyclic) bond motifs is 10. The van der Waals surface area contributed by atoms with Crippen molar-refractivity contribution in [2.75, 3.05) is 0 Å². The minimum absolute atomic E-state index is 0.0675. The van der Waals surface area contributed by atoms with Crippen molar-refractivity contribution in [1.29, 1.82) is 0 Å². The van der Waals surface area contributed by atoms with Crippen molar-refractivity contribution in [1.82, 2.24) is 0 Å². The van der Waals surface area contributed by atoms with Crippen LogP contribution in [-0.4, -0.2) is 11.6 Å². The monoisotopic (exact) mass is 596 g/mol. The van der Waals surface area contributed by atoms with Crippen LogP contribution in [0.5, 0.6) is 0 Å². The van der Waals surface area contributed by atoms with E-state index in [0.717, 1.165) is 65.3 Å². The molecule has 0 amide bonds. The summed E-state index contributed by atoms with van der Waals surface area (Å²) < 4.78 is 0. The quantitative estimate of drug-likeness (QED) is 0.129. The van der Waals surface area contributed by atoms with Crippen LogP contribution in [0.1, 0.15) is 63.8 Å². The van der Waals surface area contributed by atoms with Gasteiger partial charge in [-0.05, 0) is 77.2 Å². The fourth-order valence-corrected chi connectivity index (χ4v) is 7.54. The molecule has 224 valence electrons. The van der Waals surface area contributed by atoms with E-state index in [1.54, 1.807) is 0 Å². The predicted molar refractivity (Wildman–Crippen MR) is 195 cm³/mol. The first-order valence-electron chi connectivity index (χ1n) is 16.1. The Bertz CT molecular complexity index is 2280. The van der Waals surface area contributed by atoms with E-state index in [2.05, 4.69) is 139 Å². The van der Waals surface area contributed by atoms with Crippen molar-refractivity contribution < 1.29 is 9.59 Å². The molecule has 2 heteroatoms. The van der Waals surface area contributed by atoms with E-state index in [1.165, 1.54) is 0 Å². The zero-order chi connectivity index (χ0) is 32.1. The van der Waals surface area contributed by atoms with Crippen LogP contribution >= 0.6 is 0 Å². The van der Waals surface area contributed by atoms with E-state index in [-0.39, 0.29) is 11.6 Å². The van der Waals surface area contributed by atoms with Crippen LogP contribution in [0.3, 0.4) is 0 Å². The molecule has 46 heavy (non-hydrogen) atoms. The molecule has 2 aliphatic rings. The van der Waals surface area contributed by atoms with Crippen LogP contribution in [0.4, 0.5) is 0 Å². The first kappa shape index (κ1) is 28.4. The van der Waals surface area contributed by atoms with Crippen molar-refractivity contribution in [2.45, 2.75) is 41.5 Å². The molecule has 0 saturated heterocycles. The van der Waals surface area contributed by atoms with E-state index in [9.17, 15) is 0 Å². The molecular weight excluding hydrogens is 560 g/mol. The largest absolute Gasteiger partial charge is 0.289 e. The Balaban J connectivity index is 1.65. The maximum atomic E-state index is 15.2. The smallest absolute Gasteiger partial charge is 0.190 e. The summed E-state index contributed by atoms with van der Waals surface area (Å²) in [6.45, 7) is 12.5. The summed E-state index contributed by atoms with van der Waals surface area (Å²) in [5, 5.41) is 8.50. The number of benzene rings is 6. The summed E-state index contributed by atoms with van der Waals surface area (Å²) in [4.78, 5) is 30.5. The molecule has 0 N–H and O–H groups in total. The van der Waals surface area contributed by atoms with Crippen molar-refractivity contribution in [3.8, 4) is 0 Å². The molecule has 6 aromatic rings. The van der Waals surface area contributed by atoms with E-state index in [0.29, 0.717) is 22.3 Å². The van der Waals surface area contributed by atoms with E-state index in [4.69, 9.17) is 0 Å². The lowest BCUT2D eigenvalue weighted by Crippen LogP contribution is -2.27. The maximum absolute atomic E-state index is 15.2. The second-order valence-electron chi connectivity index (χ2n) is 14.9. The molecule has 0 saturated carbocycles. The van der Waals surface area contributed by atoms with Gasteiger partial charge >= 0.3 is 0 Å². The van der Waals surface area contributed by atoms with Crippen LogP contribution in [0.2, 0.25) is 0 Å². The molecule has 0 unspecified atom stereocenters. The average Bonchev–Trinajstić information content (AvgIpc) is 3.03. The highest BCUT2D eigenvalue weighted by Gasteiger charge is 2.40. The molecule has 0 bridgehead atoms. The Morgan fingerprint density at radius 3 is 1.15 bits per heavy atom. The number of hydrogen-bond acceptors (Lipinski definition) is 2. The topological polar surface area (TPSA) is 34.1 Å². The Morgan fingerprint density at radius 1 is 0.413 bits per heavy atom. The molecule has 0 spiro atoms. The summed E-state index contributed by atoms with van der Waals surface area (Å²) in [6.07, 6.45) is 4.13. The fraction of sp³-hybridized carbons (Fsp3) is 0.182. The lowest BCUT2D eigenvalue weighted by molar-refractivity contribution is -0.113. The molecule has 0 aromatic heterocycles. The second kappa shape index (κ2) is 9.71. The third-order valence-electron chi connectivity index (χ3n) is 9.79. The van der Waals surface area contributed by atoms with Gasteiger partial charge in [0.05, 0.1) is 0 Å². The molecule has 0 heterocycles. The van der Waals surface area contributed by atoms with Gasteiger partial charge in [0.25, 0.3) is 0 Å². The maximum Gasteiger partial charge on any atom is 0.190 e. The number of ketones is 2. The van der Waals surface area contributed by atoms with E-state index < -0.39 is 10.8 Å². The molecule has 0 radical (unpaired) electrons. The van der Waals surface area contributed by atoms with E-state index in [1.807, 2.05) is 12.1 Å². The number of rotatable bonds is 0. The van der Waals surface area contributed by atoms with Crippen LogP contribution in [0.15, 0.2) is 108 Å². The Kier molecular flexibility index (Phi) is 5.99. The van der Waals surface area contributed by atoms with Gasteiger partial charge in [-0.15, -0.1) is 0 Å². The summed E-state index contributed by atoms with van der Waals surface area (Å²) in [6, 6.07) is 33.8. The van der Waals surface area contributed by atoms with Crippen molar-refractivity contribution >= 4 is 78.0 Å². The van der Waals surface area contributed by atoms with Gasteiger partial charge in [-0.3, -0.25) is 9.59 Å². The molecule has 0 aliphatic heterocycles. The minimum atomic E-state index is -0.428. The Morgan fingerprint density at radius 2 is 0.761 bits per heavy atom. The van der Waals surface area contributed by atoms with Gasteiger partial charge in [0, 0.05) is 33.4 Å². The minimum Gasteiger partial charge on any atom is -0.289 e. The molecule has 8 rings (SSSR count). The van der Waals surface area contributed by atoms with Crippen LogP contribution in [0, 0.1) is 10.8 Å². The van der Waals surface area contributed by atoms with Gasteiger partial charge in [0.1, 0.15) is 0 Å². The van der Waals surface area contributed by atoms with Crippen LogP contribution in [0.25, 0.3) is 66.4 Å².